The molecule has 1 aliphatic rings. The Morgan fingerprint density at radius 2 is 1.72 bits per heavy atom. The summed E-state index contributed by atoms with van der Waals surface area (Å²) in [6.45, 7) is 2.27. The number of anilines is 2. The molecule has 3 aromatic rings. The number of benzene rings is 3. The Morgan fingerprint density at radius 3 is 2.31 bits per heavy atom. The Balaban J connectivity index is 1.89. The lowest BCUT2D eigenvalue weighted by molar-refractivity contribution is -0.384. The van der Waals surface area contributed by atoms with E-state index in [-0.39, 0.29) is 16.8 Å². The van der Waals surface area contributed by atoms with Crippen molar-refractivity contribution >= 4 is 34.5 Å². The Kier molecular flexibility index (Phi) is 6.73. The zero-order chi connectivity index (χ0) is 26.0. The molecule has 1 amide bonds. The zero-order valence-electron chi connectivity index (χ0n) is 20.0. The van der Waals surface area contributed by atoms with E-state index in [4.69, 9.17) is 4.74 Å². The van der Waals surface area contributed by atoms with Crippen LogP contribution in [0.4, 0.5) is 17.1 Å². The molecule has 1 aliphatic heterocycles. The molecule has 3 aromatic carbocycles. The summed E-state index contributed by atoms with van der Waals surface area (Å²) in [7, 11) is 3.80. The standard InChI is InChI=1S/C27H25N3O6/c1-4-36-22-7-5-6-21(16-22)29-24(17-8-12-19(13-9-17)28(2)3)23(26(32)27(29)33)25(31)18-10-14-20(15-11-18)30(34)35/h5-16,24,31H,4H2,1-3H3/b25-23+. The van der Waals surface area contributed by atoms with E-state index in [0.717, 1.165) is 5.69 Å². The van der Waals surface area contributed by atoms with Gasteiger partial charge in [0.2, 0.25) is 0 Å². The highest BCUT2D eigenvalue weighted by atomic mass is 16.6. The van der Waals surface area contributed by atoms with E-state index in [1.54, 1.807) is 36.4 Å². The highest BCUT2D eigenvalue weighted by Gasteiger charge is 2.47. The van der Waals surface area contributed by atoms with Gasteiger partial charge < -0.3 is 14.7 Å². The average molecular weight is 488 g/mol. The average Bonchev–Trinajstić information content (AvgIpc) is 3.14. The van der Waals surface area contributed by atoms with Crippen LogP contribution in [0, 0.1) is 10.1 Å². The third-order valence-electron chi connectivity index (χ3n) is 5.93. The quantitative estimate of drug-likeness (QED) is 0.169. The number of carbonyl (C=O) groups excluding carboxylic acids is 2. The van der Waals surface area contributed by atoms with E-state index in [1.165, 1.54) is 29.2 Å². The number of rotatable bonds is 7. The fraction of sp³-hybridized carbons (Fsp3) is 0.185. The largest absolute Gasteiger partial charge is 0.507 e. The summed E-state index contributed by atoms with van der Waals surface area (Å²) in [5, 5.41) is 22.2. The van der Waals surface area contributed by atoms with Crippen LogP contribution in [0.1, 0.15) is 24.1 Å². The summed E-state index contributed by atoms with van der Waals surface area (Å²) in [6.07, 6.45) is 0. The molecule has 1 atom stereocenters. The molecule has 1 N–H and O–H groups in total. The Hall–Kier alpha value is -4.66. The molecule has 0 aliphatic carbocycles. The molecule has 184 valence electrons. The first-order chi connectivity index (χ1) is 17.2. The molecule has 9 nitrogen and oxygen atoms in total. The SMILES string of the molecule is CCOc1cccc(N2C(=O)C(=O)/C(=C(/O)c3ccc([N+](=O)[O-])cc3)C2c2ccc(N(C)C)cc2)c1. The van der Waals surface area contributed by atoms with Gasteiger partial charge in [0.05, 0.1) is 23.1 Å². The lowest BCUT2D eigenvalue weighted by atomic mass is 9.95. The van der Waals surface area contributed by atoms with Crippen molar-refractivity contribution in [3.8, 4) is 5.75 Å². The Labute approximate surface area is 208 Å². The summed E-state index contributed by atoms with van der Waals surface area (Å²) >= 11 is 0. The maximum absolute atomic E-state index is 13.3. The second kappa shape index (κ2) is 9.91. The van der Waals surface area contributed by atoms with Crippen LogP contribution in [0.2, 0.25) is 0 Å². The van der Waals surface area contributed by atoms with Crippen LogP contribution in [-0.4, -0.2) is 42.4 Å². The van der Waals surface area contributed by atoms with Crippen LogP contribution in [0.3, 0.4) is 0 Å². The van der Waals surface area contributed by atoms with E-state index in [0.29, 0.717) is 23.6 Å². The van der Waals surface area contributed by atoms with Crippen LogP contribution in [0.5, 0.6) is 5.75 Å². The first-order valence-electron chi connectivity index (χ1n) is 11.3. The Morgan fingerprint density at radius 1 is 1.06 bits per heavy atom. The Bertz CT molecular complexity index is 1350. The van der Waals surface area contributed by atoms with Gasteiger partial charge in [0.1, 0.15) is 11.5 Å². The number of ketones is 1. The lowest BCUT2D eigenvalue weighted by Gasteiger charge is -2.26. The predicted molar refractivity (Wildman–Crippen MR) is 136 cm³/mol. The smallest absolute Gasteiger partial charge is 0.300 e. The van der Waals surface area contributed by atoms with Gasteiger partial charge in [-0.15, -0.1) is 0 Å². The number of amides is 1. The number of ether oxygens (including phenoxy) is 1. The number of Topliss-reactive ketones (excluding diaryl/α,β-unsaturated/α-hetero) is 1. The van der Waals surface area contributed by atoms with Crippen molar-refractivity contribution in [2.45, 2.75) is 13.0 Å². The highest BCUT2D eigenvalue weighted by molar-refractivity contribution is 6.51. The van der Waals surface area contributed by atoms with E-state index in [9.17, 15) is 24.8 Å². The second-order valence-corrected chi connectivity index (χ2v) is 8.39. The molecule has 4 rings (SSSR count). The summed E-state index contributed by atoms with van der Waals surface area (Å²) < 4.78 is 5.58. The van der Waals surface area contributed by atoms with Crippen molar-refractivity contribution in [3.05, 3.63) is 99.6 Å². The van der Waals surface area contributed by atoms with Gasteiger partial charge in [-0.25, -0.2) is 0 Å². The van der Waals surface area contributed by atoms with Gasteiger partial charge in [-0.05, 0) is 48.9 Å². The number of carbonyl (C=O) groups is 2. The van der Waals surface area contributed by atoms with Crippen LogP contribution >= 0.6 is 0 Å². The van der Waals surface area contributed by atoms with Crippen molar-refractivity contribution in [1.82, 2.24) is 0 Å². The van der Waals surface area contributed by atoms with Crippen LogP contribution in [-0.2, 0) is 9.59 Å². The number of hydrogen-bond acceptors (Lipinski definition) is 7. The van der Waals surface area contributed by atoms with Gasteiger partial charge in [0.25, 0.3) is 17.4 Å². The molecular weight excluding hydrogens is 462 g/mol. The number of hydrogen-bond donors (Lipinski definition) is 1. The minimum atomic E-state index is -0.923. The summed E-state index contributed by atoms with van der Waals surface area (Å²) in [6, 6.07) is 18.4. The molecule has 1 fully saturated rings. The van der Waals surface area contributed by atoms with Crippen LogP contribution in [0.25, 0.3) is 5.76 Å². The van der Waals surface area contributed by atoms with Gasteiger partial charge in [0.15, 0.2) is 0 Å². The number of non-ortho nitro benzene ring substituents is 1. The highest BCUT2D eigenvalue weighted by Crippen LogP contribution is 2.43. The molecule has 0 spiro atoms. The lowest BCUT2D eigenvalue weighted by Crippen LogP contribution is -2.29. The molecule has 36 heavy (non-hydrogen) atoms. The topological polar surface area (TPSA) is 113 Å². The summed E-state index contributed by atoms with van der Waals surface area (Å²) in [5.41, 5.74) is 1.90. The minimum absolute atomic E-state index is 0.103. The molecule has 0 radical (unpaired) electrons. The van der Waals surface area contributed by atoms with Crippen molar-refractivity contribution in [2.75, 3.05) is 30.5 Å². The number of nitro benzene ring substituents is 1. The molecule has 1 heterocycles. The van der Waals surface area contributed by atoms with Gasteiger partial charge in [-0.1, -0.05) is 18.2 Å². The van der Waals surface area contributed by atoms with Crippen molar-refractivity contribution < 1.29 is 24.4 Å². The molecule has 1 unspecified atom stereocenters. The fourth-order valence-electron chi connectivity index (χ4n) is 4.16. The van der Waals surface area contributed by atoms with Gasteiger partial charge >= 0.3 is 0 Å². The molecule has 0 bridgehead atoms. The molecule has 0 saturated carbocycles. The molecular formula is C27H25N3O6. The minimum Gasteiger partial charge on any atom is -0.507 e. The molecule has 0 aromatic heterocycles. The van der Waals surface area contributed by atoms with Crippen molar-refractivity contribution in [3.63, 3.8) is 0 Å². The van der Waals surface area contributed by atoms with Gasteiger partial charge in [0, 0.05) is 49.2 Å². The summed E-state index contributed by atoms with van der Waals surface area (Å²) in [4.78, 5) is 40.3. The van der Waals surface area contributed by atoms with Crippen molar-refractivity contribution in [1.29, 1.82) is 0 Å². The molecule has 1 saturated heterocycles. The zero-order valence-corrected chi connectivity index (χ0v) is 20.0. The number of aliphatic hydroxyl groups is 1. The maximum atomic E-state index is 13.3. The number of aliphatic hydroxyl groups excluding tert-OH is 1. The van der Waals surface area contributed by atoms with Crippen LogP contribution < -0.4 is 14.5 Å². The van der Waals surface area contributed by atoms with E-state index < -0.39 is 28.4 Å². The fourth-order valence-corrected chi connectivity index (χ4v) is 4.16. The first-order valence-corrected chi connectivity index (χ1v) is 11.3. The van der Waals surface area contributed by atoms with E-state index in [1.807, 2.05) is 38.1 Å². The monoisotopic (exact) mass is 487 g/mol. The number of nitrogens with zero attached hydrogens (tertiary/aromatic N) is 3. The van der Waals surface area contributed by atoms with E-state index >= 15 is 0 Å². The van der Waals surface area contributed by atoms with Gasteiger partial charge in [-0.2, -0.15) is 0 Å². The first kappa shape index (κ1) is 24.5. The normalized spacial score (nSPS) is 16.8. The predicted octanol–water partition coefficient (Wildman–Crippen LogP) is 4.69. The van der Waals surface area contributed by atoms with Crippen molar-refractivity contribution in [2.24, 2.45) is 0 Å². The molecule has 9 heteroatoms. The number of nitro groups is 1. The van der Waals surface area contributed by atoms with Crippen LogP contribution in [0.15, 0.2) is 78.4 Å². The second-order valence-electron chi connectivity index (χ2n) is 8.39. The summed E-state index contributed by atoms with van der Waals surface area (Å²) in [5.74, 6) is -1.52. The third-order valence-corrected chi connectivity index (χ3v) is 5.93. The van der Waals surface area contributed by atoms with E-state index in [2.05, 4.69) is 0 Å². The van der Waals surface area contributed by atoms with Gasteiger partial charge in [-0.3, -0.25) is 24.6 Å². The third kappa shape index (κ3) is 4.50. The maximum Gasteiger partial charge on any atom is 0.300 e.